The number of hydrogen-bond acceptors (Lipinski definition) is 4. The molecule has 27 heavy (non-hydrogen) atoms. The smallest absolute Gasteiger partial charge is 0.333 e. The molecule has 0 N–H and O–H groups in total. The van der Waals surface area contributed by atoms with Crippen molar-refractivity contribution >= 4 is 11.9 Å². The minimum Gasteiger partial charge on any atom is -0.459 e. The first-order valence-corrected chi connectivity index (χ1v) is 10.5. The summed E-state index contributed by atoms with van der Waals surface area (Å²) in [5.41, 5.74) is 0.958. The van der Waals surface area contributed by atoms with E-state index in [1.54, 1.807) is 13.8 Å². The van der Waals surface area contributed by atoms with Crippen LogP contribution in [0.25, 0.3) is 0 Å². The van der Waals surface area contributed by atoms with Crippen molar-refractivity contribution in [2.24, 2.45) is 17.8 Å². The summed E-state index contributed by atoms with van der Waals surface area (Å²) in [4.78, 5) is 23.5. The van der Waals surface area contributed by atoms with Crippen LogP contribution in [0.1, 0.15) is 78.6 Å². The summed E-state index contributed by atoms with van der Waals surface area (Å²) in [6, 6.07) is 0. The molecule has 0 aliphatic heterocycles. The van der Waals surface area contributed by atoms with Crippen LogP contribution in [0.3, 0.4) is 0 Å². The second-order valence-electron chi connectivity index (χ2n) is 8.53. The summed E-state index contributed by atoms with van der Waals surface area (Å²) in [6.45, 7) is 12.8. The lowest BCUT2D eigenvalue weighted by Gasteiger charge is -2.39. The van der Waals surface area contributed by atoms with Gasteiger partial charge in [0.05, 0.1) is 0 Å². The van der Waals surface area contributed by atoms with Crippen LogP contribution < -0.4 is 0 Å². The van der Waals surface area contributed by atoms with E-state index in [9.17, 15) is 9.59 Å². The quantitative estimate of drug-likeness (QED) is 0.443. The van der Waals surface area contributed by atoms with Crippen LogP contribution in [0, 0.1) is 17.8 Å². The Morgan fingerprint density at radius 1 is 0.852 bits per heavy atom. The first kappa shape index (κ1) is 21.7. The molecule has 0 aromatic carbocycles. The lowest BCUT2D eigenvalue weighted by Crippen LogP contribution is -2.33. The van der Waals surface area contributed by atoms with Gasteiger partial charge in [-0.05, 0) is 89.4 Å². The van der Waals surface area contributed by atoms with E-state index in [0.717, 1.165) is 56.8 Å². The molecule has 2 aliphatic rings. The van der Waals surface area contributed by atoms with Crippen molar-refractivity contribution in [3.05, 3.63) is 24.3 Å². The Hall–Kier alpha value is -1.58. The third-order valence-corrected chi connectivity index (χ3v) is 6.36. The van der Waals surface area contributed by atoms with E-state index in [2.05, 4.69) is 20.1 Å². The van der Waals surface area contributed by atoms with Crippen LogP contribution >= 0.6 is 0 Å². The van der Waals surface area contributed by atoms with Crippen molar-refractivity contribution in [2.75, 3.05) is 0 Å². The summed E-state index contributed by atoms with van der Waals surface area (Å²) in [6.07, 6.45) is 9.88. The van der Waals surface area contributed by atoms with E-state index in [1.165, 1.54) is 12.8 Å². The number of esters is 2. The van der Waals surface area contributed by atoms with Gasteiger partial charge in [0.15, 0.2) is 0 Å². The zero-order valence-corrected chi connectivity index (χ0v) is 17.3. The van der Waals surface area contributed by atoms with E-state index in [1.807, 2.05) is 0 Å². The molecule has 2 aliphatic carbocycles. The van der Waals surface area contributed by atoms with Crippen molar-refractivity contribution in [3.8, 4) is 0 Å². The second kappa shape index (κ2) is 10.1. The summed E-state index contributed by atoms with van der Waals surface area (Å²) in [5, 5.41) is 0. The van der Waals surface area contributed by atoms with Crippen molar-refractivity contribution < 1.29 is 19.1 Å². The monoisotopic (exact) mass is 376 g/mol. The highest BCUT2D eigenvalue weighted by Gasteiger charge is 2.34. The third kappa shape index (κ3) is 6.22. The van der Waals surface area contributed by atoms with Crippen LogP contribution in [0.5, 0.6) is 0 Å². The minimum atomic E-state index is -0.258. The number of ether oxygens (including phenoxy) is 2. The molecule has 0 saturated heterocycles. The highest BCUT2D eigenvalue weighted by atomic mass is 16.5. The second-order valence-corrected chi connectivity index (χ2v) is 8.53. The molecule has 1 atom stereocenters. The molecule has 2 rings (SSSR count). The van der Waals surface area contributed by atoms with Crippen LogP contribution in [-0.4, -0.2) is 24.1 Å². The fourth-order valence-electron chi connectivity index (χ4n) is 4.67. The zero-order valence-electron chi connectivity index (χ0n) is 17.3. The van der Waals surface area contributed by atoms with E-state index < -0.39 is 0 Å². The number of carbonyl (C=O) groups excluding carboxylic acids is 2. The molecule has 0 aromatic heterocycles. The molecule has 0 bridgehead atoms. The predicted octanol–water partition coefficient (Wildman–Crippen LogP) is 5.37. The van der Waals surface area contributed by atoms with E-state index in [0.29, 0.717) is 17.1 Å². The maximum Gasteiger partial charge on any atom is 0.333 e. The molecule has 2 saturated carbocycles. The van der Waals surface area contributed by atoms with Gasteiger partial charge in [0.2, 0.25) is 0 Å². The summed E-state index contributed by atoms with van der Waals surface area (Å²) in [7, 11) is 0. The molecule has 0 radical (unpaired) electrons. The lowest BCUT2D eigenvalue weighted by atomic mass is 9.69. The summed E-state index contributed by atoms with van der Waals surface area (Å²) in [5.74, 6) is 1.46. The minimum absolute atomic E-state index is 0.0208. The van der Waals surface area contributed by atoms with Gasteiger partial charge < -0.3 is 9.47 Å². The van der Waals surface area contributed by atoms with Gasteiger partial charge >= 0.3 is 11.9 Å². The molecule has 0 aromatic rings. The Kier molecular flexibility index (Phi) is 8.12. The van der Waals surface area contributed by atoms with E-state index in [4.69, 9.17) is 9.47 Å². The van der Waals surface area contributed by atoms with Crippen LogP contribution in [0.2, 0.25) is 0 Å². The van der Waals surface area contributed by atoms with Crippen molar-refractivity contribution in [1.82, 2.24) is 0 Å². The molecule has 1 unspecified atom stereocenters. The Morgan fingerprint density at radius 2 is 1.33 bits per heavy atom. The average Bonchev–Trinajstić information content (AvgIpc) is 2.66. The third-order valence-electron chi connectivity index (χ3n) is 6.36. The highest BCUT2D eigenvalue weighted by Crippen LogP contribution is 2.42. The van der Waals surface area contributed by atoms with Crippen LogP contribution in [0.4, 0.5) is 0 Å². The Bertz CT molecular complexity index is 549. The summed E-state index contributed by atoms with van der Waals surface area (Å²) < 4.78 is 11.2. The molecule has 0 amide bonds. The van der Waals surface area contributed by atoms with Gasteiger partial charge in [-0.25, -0.2) is 9.59 Å². The van der Waals surface area contributed by atoms with Crippen molar-refractivity contribution in [3.63, 3.8) is 0 Å². The van der Waals surface area contributed by atoms with Crippen LogP contribution in [0.15, 0.2) is 24.3 Å². The van der Waals surface area contributed by atoms with Gasteiger partial charge in [-0.15, -0.1) is 0 Å². The fraction of sp³-hybridized carbons (Fsp3) is 0.739. The topological polar surface area (TPSA) is 52.6 Å². The van der Waals surface area contributed by atoms with Crippen LogP contribution in [-0.2, 0) is 19.1 Å². The molecule has 4 heteroatoms. The Balaban J connectivity index is 1.76. The predicted molar refractivity (Wildman–Crippen MR) is 107 cm³/mol. The van der Waals surface area contributed by atoms with E-state index in [-0.39, 0.29) is 24.1 Å². The maximum atomic E-state index is 11.9. The van der Waals surface area contributed by atoms with E-state index >= 15 is 0 Å². The van der Waals surface area contributed by atoms with Gasteiger partial charge in [0.25, 0.3) is 0 Å². The molecular formula is C23H36O4. The zero-order chi connectivity index (χ0) is 20.0. The van der Waals surface area contributed by atoms with Gasteiger partial charge in [-0.1, -0.05) is 20.1 Å². The van der Waals surface area contributed by atoms with Gasteiger partial charge in [0, 0.05) is 11.1 Å². The average molecular weight is 377 g/mol. The van der Waals surface area contributed by atoms with Gasteiger partial charge in [-0.3, -0.25) is 0 Å². The number of rotatable bonds is 7. The Morgan fingerprint density at radius 3 is 1.78 bits per heavy atom. The normalized spacial score (nSPS) is 29.4. The largest absolute Gasteiger partial charge is 0.459 e. The highest BCUT2D eigenvalue weighted by molar-refractivity contribution is 5.87. The molecule has 0 spiro atoms. The number of carbonyl (C=O) groups is 2. The van der Waals surface area contributed by atoms with Gasteiger partial charge in [-0.2, -0.15) is 0 Å². The molecular weight excluding hydrogens is 340 g/mol. The molecule has 2 fully saturated rings. The first-order valence-electron chi connectivity index (χ1n) is 10.5. The lowest BCUT2D eigenvalue weighted by molar-refractivity contribution is -0.148. The SMILES string of the molecule is C=C(C)C(=O)OC1CCC(C2CCC(C(CC)OC(=O)C(=C)C)CC2)CC1. The molecule has 4 nitrogen and oxygen atoms in total. The molecule has 152 valence electrons. The fourth-order valence-corrected chi connectivity index (χ4v) is 4.67. The van der Waals surface area contributed by atoms with Crippen molar-refractivity contribution in [1.29, 1.82) is 0 Å². The van der Waals surface area contributed by atoms with Crippen molar-refractivity contribution in [2.45, 2.75) is 90.8 Å². The van der Waals surface area contributed by atoms with Gasteiger partial charge in [0.1, 0.15) is 12.2 Å². The molecule has 0 heterocycles. The Labute approximate surface area is 164 Å². The summed E-state index contributed by atoms with van der Waals surface area (Å²) >= 11 is 0. The number of hydrogen-bond donors (Lipinski definition) is 0. The first-order chi connectivity index (χ1) is 12.8. The maximum absolute atomic E-state index is 11.9. The standard InChI is InChI=1S/C23H36O4/c1-6-21(27-23(25)16(4)5)19-9-7-17(8-10-19)18-11-13-20(14-12-18)26-22(24)15(2)3/h17-21H,2,4,6-14H2,1,3,5H3.